The predicted molar refractivity (Wildman–Crippen MR) is 51.7 cm³/mol. The first-order valence-corrected chi connectivity index (χ1v) is 4.06. The monoisotopic (exact) mass is 174 g/mol. The first kappa shape index (κ1) is 7.86. The number of hydrogen-bond acceptors (Lipinski definition) is 1. The lowest BCUT2D eigenvalue weighted by Crippen LogP contribution is -2.17. The summed E-state index contributed by atoms with van der Waals surface area (Å²) in [4.78, 5) is 10.9. The Hall–Kier alpha value is -1.77. The van der Waals surface area contributed by atoms with Crippen molar-refractivity contribution < 1.29 is 4.79 Å². The van der Waals surface area contributed by atoms with E-state index in [2.05, 4.69) is 0 Å². The largest absolute Gasteiger partial charge is 0.351 e. The van der Waals surface area contributed by atoms with Crippen molar-refractivity contribution in [1.29, 1.82) is 0 Å². The molecule has 1 aromatic carbocycles. The molecule has 2 N–H and O–H groups in total. The molecule has 1 aromatic heterocycles. The Bertz CT molecular complexity index is 471. The van der Waals surface area contributed by atoms with Crippen molar-refractivity contribution in [2.24, 2.45) is 5.73 Å². The third-order valence-electron chi connectivity index (χ3n) is 2.08. The molecule has 0 unspecified atom stereocenters. The molecule has 0 atom stereocenters. The van der Waals surface area contributed by atoms with E-state index in [0.717, 1.165) is 10.9 Å². The molecule has 3 heteroatoms. The second-order valence-electron chi connectivity index (χ2n) is 3.09. The van der Waals surface area contributed by atoms with Gasteiger partial charge in [0.15, 0.2) is 0 Å². The summed E-state index contributed by atoms with van der Waals surface area (Å²) < 4.78 is 1.44. The Kier molecular flexibility index (Phi) is 1.59. The molecular weight excluding hydrogens is 164 g/mol. The van der Waals surface area contributed by atoms with Crippen LogP contribution in [0.15, 0.2) is 30.5 Å². The van der Waals surface area contributed by atoms with E-state index in [1.807, 2.05) is 31.2 Å². The molecule has 0 saturated heterocycles. The summed E-state index contributed by atoms with van der Waals surface area (Å²) in [5.74, 6) is 0. The van der Waals surface area contributed by atoms with E-state index in [-0.39, 0.29) is 0 Å². The van der Waals surface area contributed by atoms with Gasteiger partial charge in [0, 0.05) is 11.6 Å². The minimum Gasteiger partial charge on any atom is -0.351 e. The number of carbonyl (C=O) groups is 1. The van der Waals surface area contributed by atoms with Crippen LogP contribution in [0.25, 0.3) is 10.9 Å². The highest BCUT2D eigenvalue weighted by Crippen LogP contribution is 2.16. The van der Waals surface area contributed by atoms with Crippen molar-refractivity contribution in [3.63, 3.8) is 0 Å². The van der Waals surface area contributed by atoms with Gasteiger partial charge in [0.2, 0.25) is 0 Å². The molecule has 13 heavy (non-hydrogen) atoms. The van der Waals surface area contributed by atoms with Gasteiger partial charge in [-0.25, -0.2) is 4.79 Å². The lowest BCUT2D eigenvalue weighted by molar-refractivity contribution is 0.251. The summed E-state index contributed by atoms with van der Waals surface area (Å²) in [6.07, 6.45) is 1.69. The van der Waals surface area contributed by atoms with Gasteiger partial charge in [0.25, 0.3) is 0 Å². The molecule has 0 saturated carbocycles. The van der Waals surface area contributed by atoms with Gasteiger partial charge in [-0.2, -0.15) is 0 Å². The van der Waals surface area contributed by atoms with Gasteiger partial charge >= 0.3 is 6.03 Å². The third-order valence-corrected chi connectivity index (χ3v) is 2.08. The van der Waals surface area contributed by atoms with Gasteiger partial charge in [-0.05, 0) is 25.1 Å². The number of nitrogens with zero attached hydrogens (tertiary/aromatic N) is 1. The van der Waals surface area contributed by atoms with Gasteiger partial charge in [-0.15, -0.1) is 0 Å². The van der Waals surface area contributed by atoms with Crippen LogP contribution in [0.2, 0.25) is 0 Å². The molecular formula is C10H10N2O. The molecule has 0 aliphatic carbocycles. The highest BCUT2D eigenvalue weighted by Gasteiger charge is 2.03. The number of fused-ring (bicyclic) bond motifs is 1. The minimum atomic E-state index is -0.446. The summed E-state index contributed by atoms with van der Waals surface area (Å²) in [6, 6.07) is 7.32. The lowest BCUT2D eigenvalue weighted by Gasteiger charge is -1.98. The fourth-order valence-corrected chi connectivity index (χ4v) is 1.45. The van der Waals surface area contributed by atoms with Crippen LogP contribution in [0.1, 0.15) is 5.56 Å². The van der Waals surface area contributed by atoms with Gasteiger partial charge in [0.05, 0.1) is 5.52 Å². The Morgan fingerprint density at radius 1 is 1.38 bits per heavy atom. The normalized spacial score (nSPS) is 10.5. The standard InChI is InChI=1S/C10H10N2O/c1-7-2-3-9-8(6-7)4-5-12(9)10(11)13/h2-6H,1H3,(H2,11,13). The van der Waals surface area contributed by atoms with Gasteiger partial charge in [-0.3, -0.25) is 4.57 Å². The molecule has 1 amide bonds. The molecule has 0 bridgehead atoms. The lowest BCUT2D eigenvalue weighted by atomic mass is 10.2. The van der Waals surface area contributed by atoms with Gasteiger partial charge in [-0.1, -0.05) is 11.6 Å². The number of primary amides is 1. The van der Waals surface area contributed by atoms with Crippen LogP contribution in [0.4, 0.5) is 4.79 Å². The number of rotatable bonds is 0. The van der Waals surface area contributed by atoms with Gasteiger partial charge in [0.1, 0.15) is 0 Å². The average molecular weight is 174 g/mol. The number of aromatic nitrogens is 1. The molecule has 66 valence electrons. The van der Waals surface area contributed by atoms with Crippen LogP contribution in [0.5, 0.6) is 0 Å². The molecule has 3 nitrogen and oxygen atoms in total. The number of nitrogens with two attached hydrogens (primary N) is 1. The van der Waals surface area contributed by atoms with Gasteiger partial charge < -0.3 is 5.73 Å². The molecule has 0 radical (unpaired) electrons. The summed E-state index contributed by atoms with van der Waals surface area (Å²) in [6.45, 7) is 2.01. The summed E-state index contributed by atoms with van der Waals surface area (Å²) in [5, 5.41) is 1.04. The van der Waals surface area contributed by atoms with Crippen molar-refractivity contribution >= 4 is 16.9 Å². The third kappa shape index (κ3) is 1.18. The molecule has 0 aliphatic rings. The highest BCUT2D eigenvalue weighted by atomic mass is 16.2. The first-order chi connectivity index (χ1) is 6.18. The summed E-state index contributed by atoms with van der Waals surface area (Å²) >= 11 is 0. The quantitative estimate of drug-likeness (QED) is 0.651. The van der Waals surface area contributed by atoms with Crippen molar-refractivity contribution in [2.75, 3.05) is 0 Å². The topological polar surface area (TPSA) is 48.0 Å². The maximum absolute atomic E-state index is 10.9. The van der Waals surface area contributed by atoms with E-state index in [1.54, 1.807) is 6.20 Å². The zero-order chi connectivity index (χ0) is 9.42. The average Bonchev–Trinajstić information content (AvgIpc) is 2.46. The van der Waals surface area contributed by atoms with E-state index in [1.165, 1.54) is 10.1 Å². The van der Waals surface area contributed by atoms with Crippen LogP contribution in [-0.2, 0) is 0 Å². The van der Waals surface area contributed by atoms with Crippen molar-refractivity contribution in [1.82, 2.24) is 4.57 Å². The van der Waals surface area contributed by atoms with Crippen LogP contribution in [0, 0.1) is 6.92 Å². The van der Waals surface area contributed by atoms with E-state index >= 15 is 0 Å². The van der Waals surface area contributed by atoms with Crippen molar-refractivity contribution in [3.8, 4) is 0 Å². The SMILES string of the molecule is Cc1ccc2c(ccn2C(N)=O)c1. The second kappa shape index (κ2) is 2.62. The Labute approximate surface area is 75.8 Å². The zero-order valence-electron chi connectivity index (χ0n) is 7.32. The molecule has 2 aromatic rings. The predicted octanol–water partition coefficient (Wildman–Crippen LogP) is 1.88. The molecule has 1 heterocycles. The van der Waals surface area contributed by atoms with Crippen LogP contribution in [-0.4, -0.2) is 10.6 Å². The number of aryl methyl sites for hydroxylation is 1. The summed E-state index contributed by atoms with van der Waals surface area (Å²) in [5.41, 5.74) is 7.22. The van der Waals surface area contributed by atoms with Crippen molar-refractivity contribution in [3.05, 3.63) is 36.0 Å². The van der Waals surface area contributed by atoms with E-state index < -0.39 is 6.03 Å². The Morgan fingerprint density at radius 2 is 2.15 bits per heavy atom. The molecule has 0 fully saturated rings. The summed E-state index contributed by atoms with van der Waals surface area (Å²) in [7, 11) is 0. The maximum Gasteiger partial charge on any atom is 0.323 e. The van der Waals surface area contributed by atoms with Crippen molar-refractivity contribution in [2.45, 2.75) is 6.92 Å². The highest BCUT2D eigenvalue weighted by molar-refractivity contribution is 5.91. The first-order valence-electron chi connectivity index (χ1n) is 4.06. The maximum atomic E-state index is 10.9. The smallest absolute Gasteiger partial charge is 0.323 e. The fourth-order valence-electron chi connectivity index (χ4n) is 1.45. The number of hydrogen-bond donors (Lipinski definition) is 1. The van der Waals surface area contributed by atoms with Crippen LogP contribution < -0.4 is 5.73 Å². The number of carbonyl (C=O) groups excluding carboxylic acids is 1. The van der Waals surface area contributed by atoms with E-state index in [0.29, 0.717) is 0 Å². The molecule has 2 rings (SSSR count). The number of benzene rings is 1. The Morgan fingerprint density at radius 3 is 2.85 bits per heavy atom. The fraction of sp³-hybridized carbons (Fsp3) is 0.100. The second-order valence-corrected chi connectivity index (χ2v) is 3.09. The van der Waals surface area contributed by atoms with E-state index in [9.17, 15) is 4.79 Å². The zero-order valence-corrected chi connectivity index (χ0v) is 7.32. The minimum absolute atomic E-state index is 0.446. The number of amides is 1. The Balaban J connectivity index is 2.76. The van der Waals surface area contributed by atoms with Crippen LogP contribution >= 0.6 is 0 Å². The molecule has 0 aliphatic heterocycles. The molecule has 0 spiro atoms. The van der Waals surface area contributed by atoms with E-state index in [4.69, 9.17) is 5.73 Å². The van der Waals surface area contributed by atoms with Crippen LogP contribution in [0.3, 0.4) is 0 Å².